The van der Waals surface area contributed by atoms with Crippen LogP contribution in [0, 0.1) is 20.2 Å². The lowest BCUT2D eigenvalue weighted by atomic mass is 9.98. The van der Waals surface area contributed by atoms with Crippen molar-refractivity contribution in [2.75, 3.05) is 18.6 Å². The van der Waals surface area contributed by atoms with Crippen LogP contribution in [0.25, 0.3) is 0 Å². The van der Waals surface area contributed by atoms with Gasteiger partial charge in [-0.15, -0.1) is 0 Å². The molecule has 124 valence electrons. The number of methoxy groups -OCH3 is 1. The topological polar surface area (TPSA) is 98.8 Å². The number of anilines is 1. The number of ether oxygens (including phenoxy) is 1. The maximum atomic E-state index is 11.3. The summed E-state index contributed by atoms with van der Waals surface area (Å²) in [7, 11) is 1.61. The van der Waals surface area contributed by atoms with Crippen LogP contribution in [0.1, 0.15) is 11.1 Å². The molecule has 0 fully saturated rings. The van der Waals surface area contributed by atoms with E-state index in [1.165, 1.54) is 12.1 Å². The van der Waals surface area contributed by atoms with Crippen LogP contribution >= 0.6 is 0 Å². The van der Waals surface area contributed by atoms with Crippen molar-refractivity contribution in [2.45, 2.75) is 13.0 Å². The Labute approximate surface area is 137 Å². The number of benzene rings is 2. The molecular formula is C16H15N3O5. The Morgan fingerprint density at radius 3 is 2.58 bits per heavy atom. The van der Waals surface area contributed by atoms with Gasteiger partial charge in [-0.2, -0.15) is 0 Å². The van der Waals surface area contributed by atoms with Gasteiger partial charge in [0.25, 0.3) is 11.4 Å². The fourth-order valence-corrected chi connectivity index (χ4v) is 3.01. The average Bonchev–Trinajstić information content (AvgIpc) is 2.60. The molecule has 0 spiro atoms. The maximum Gasteiger partial charge on any atom is 0.299 e. The number of rotatable bonds is 4. The summed E-state index contributed by atoms with van der Waals surface area (Å²) in [5.74, 6) is 0.811. The fraction of sp³-hybridized carbons (Fsp3) is 0.250. The summed E-state index contributed by atoms with van der Waals surface area (Å²) in [4.78, 5) is 22.8. The summed E-state index contributed by atoms with van der Waals surface area (Å²) < 4.78 is 5.36. The largest absolute Gasteiger partial charge is 0.496 e. The third kappa shape index (κ3) is 2.73. The van der Waals surface area contributed by atoms with Gasteiger partial charge in [-0.3, -0.25) is 20.2 Å². The van der Waals surface area contributed by atoms with Crippen LogP contribution in [-0.4, -0.2) is 23.5 Å². The Kier molecular flexibility index (Phi) is 4.03. The number of nitrogens with zero attached hydrogens (tertiary/aromatic N) is 3. The summed E-state index contributed by atoms with van der Waals surface area (Å²) in [6.07, 6.45) is 0.688. The molecule has 1 aliphatic heterocycles. The second-order valence-electron chi connectivity index (χ2n) is 5.46. The van der Waals surface area contributed by atoms with Gasteiger partial charge in [0.1, 0.15) is 11.4 Å². The van der Waals surface area contributed by atoms with E-state index >= 15 is 0 Å². The predicted octanol–water partition coefficient (Wildman–Crippen LogP) is 3.07. The van der Waals surface area contributed by atoms with Crippen LogP contribution in [0.4, 0.5) is 17.1 Å². The zero-order valence-corrected chi connectivity index (χ0v) is 13.0. The van der Waals surface area contributed by atoms with Crippen molar-refractivity contribution in [1.82, 2.24) is 0 Å². The molecule has 0 unspecified atom stereocenters. The summed E-state index contributed by atoms with van der Waals surface area (Å²) in [5, 5.41) is 22.2. The molecule has 1 aliphatic rings. The second-order valence-corrected chi connectivity index (χ2v) is 5.46. The fourth-order valence-electron chi connectivity index (χ4n) is 3.01. The van der Waals surface area contributed by atoms with Crippen molar-refractivity contribution >= 4 is 17.1 Å². The van der Waals surface area contributed by atoms with E-state index in [4.69, 9.17) is 4.74 Å². The Morgan fingerprint density at radius 1 is 1.12 bits per heavy atom. The van der Waals surface area contributed by atoms with Gasteiger partial charge in [0.15, 0.2) is 0 Å². The van der Waals surface area contributed by atoms with Crippen molar-refractivity contribution < 1.29 is 14.6 Å². The van der Waals surface area contributed by atoms with Gasteiger partial charge in [-0.05, 0) is 24.1 Å². The number of non-ortho nitro benzene ring substituents is 1. The molecular weight excluding hydrogens is 314 g/mol. The number of fused-ring (bicyclic) bond motifs is 1. The molecule has 0 radical (unpaired) electrons. The van der Waals surface area contributed by atoms with E-state index < -0.39 is 9.85 Å². The van der Waals surface area contributed by atoms with E-state index in [1.54, 1.807) is 7.11 Å². The minimum atomic E-state index is -0.632. The van der Waals surface area contributed by atoms with Gasteiger partial charge in [0.2, 0.25) is 0 Å². The monoisotopic (exact) mass is 329 g/mol. The third-order valence-corrected chi connectivity index (χ3v) is 4.15. The van der Waals surface area contributed by atoms with E-state index in [0.717, 1.165) is 22.9 Å². The molecule has 0 saturated carbocycles. The highest BCUT2D eigenvalue weighted by Gasteiger charge is 2.27. The Balaban J connectivity index is 1.98. The summed E-state index contributed by atoms with van der Waals surface area (Å²) in [6.45, 7) is 1.07. The highest BCUT2D eigenvalue weighted by atomic mass is 16.6. The Morgan fingerprint density at radius 2 is 1.92 bits per heavy atom. The average molecular weight is 329 g/mol. The number of nitro groups is 2. The van der Waals surface area contributed by atoms with E-state index in [1.807, 2.05) is 23.1 Å². The minimum Gasteiger partial charge on any atom is -0.496 e. The van der Waals surface area contributed by atoms with E-state index in [9.17, 15) is 20.2 Å². The van der Waals surface area contributed by atoms with Gasteiger partial charge < -0.3 is 9.64 Å². The number of hydrogen-bond acceptors (Lipinski definition) is 6. The van der Waals surface area contributed by atoms with Crippen molar-refractivity contribution in [3.05, 3.63) is 67.8 Å². The Bertz CT molecular complexity index is 821. The molecule has 0 aliphatic carbocycles. The van der Waals surface area contributed by atoms with Gasteiger partial charge in [0, 0.05) is 24.7 Å². The molecule has 0 bridgehead atoms. The molecule has 24 heavy (non-hydrogen) atoms. The van der Waals surface area contributed by atoms with Gasteiger partial charge in [0.05, 0.1) is 23.0 Å². The quantitative estimate of drug-likeness (QED) is 0.631. The van der Waals surface area contributed by atoms with E-state index in [-0.39, 0.29) is 11.4 Å². The third-order valence-electron chi connectivity index (χ3n) is 4.15. The van der Waals surface area contributed by atoms with Crippen LogP contribution in [-0.2, 0) is 13.0 Å². The first-order valence-corrected chi connectivity index (χ1v) is 7.34. The molecule has 0 atom stereocenters. The number of nitro benzene ring substituents is 2. The van der Waals surface area contributed by atoms with Crippen LogP contribution in [0.3, 0.4) is 0 Å². The lowest BCUT2D eigenvalue weighted by Gasteiger charge is -2.31. The first-order chi connectivity index (χ1) is 11.5. The predicted molar refractivity (Wildman–Crippen MR) is 87.5 cm³/mol. The summed E-state index contributed by atoms with van der Waals surface area (Å²) in [5.41, 5.74) is 1.98. The molecule has 3 rings (SSSR count). The first kappa shape index (κ1) is 15.7. The molecule has 2 aromatic rings. The highest BCUT2D eigenvalue weighted by molar-refractivity contribution is 5.67. The van der Waals surface area contributed by atoms with Crippen molar-refractivity contribution in [1.29, 1.82) is 0 Å². The maximum absolute atomic E-state index is 11.3. The normalized spacial score (nSPS) is 13.3. The summed E-state index contributed by atoms with van der Waals surface area (Å²) in [6, 6.07) is 9.48. The second kappa shape index (κ2) is 6.15. The lowest BCUT2D eigenvalue weighted by Crippen LogP contribution is -2.31. The molecule has 0 amide bonds. The molecule has 1 heterocycles. The molecule has 8 heteroatoms. The van der Waals surface area contributed by atoms with Crippen molar-refractivity contribution in [3.63, 3.8) is 0 Å². The Hall–Kier alpha value is -3.16. The molecule has 0 saturated heterocycles. The number of hydrogen-bond donors (Lipinski definition) is 0. The van der Waals surface area contributed by atoms with Gasteiger partial charge >= 0.3 is 0 Å². The molecule has 2 aromatic carbocycles. The van der Waals surface area contributed by atoms with Gasteiger partial charge in [-0.25, -0.2) is 0 Å². The first-order valence-electron chi connectivity index (χ1n) is 7.34. The smallest absolute Gasteiger partial charge is 0.299 e. The minimum absolute atomic E-state index is 0.254. The van der Waals surface area contributed by atoms with Crippen molar-refractivity contribution in [2.24, 2.45) is 0 Å². The van der Waals surface area contributed by atoms with Crippen LogP contribution < -0.4 is 9.64 Å². The summed E-state index contributed by atoms with van der Waals surface area (Å²) >= 11 is 0. The molecule has 0 N–H and O–H groups in total. The van der Waals surface area contributed by atoms with Crippen molar-refractivity contribution in [3.8, 4) is 5.75 Å². The zero-order valence-electron chi connectivity index (χ0n) is 13.0. The highest BCUT2D eigenvalue weighted by Crippen LogP contribution is 2.36. The molecule has 0 aromatic heterocycles. The lowest BCUT2D eigenvalue weighted by molar-refractivity contribution is -0.393. The van der Waals surface area contributed by atoms with Crippen LogP contribution in [0.2, 0.25) is 0 Å². The van der Waals surface area contributed by atoms with Crippen LogP contribution in [0.15, 0.2) is 36.4 Å². The zero-order chi connectivity index (χ0) is 17.3. The molecule has 8 nitrogen and oxygen atoms in total. The standard InChI is InChI=1S/C16H15N3O5/c1-24-16-4-2-3-11-10-17(8-7-13(11)16)14-6-5-12(18(20)21)9-15(14)19(22)23/h2-6,9H,7-8,10H2,1H3. The van der Waals surface area contributed by atoms with E-state index in [0.29, 0.717) is 25.2 Å². The van der Waals surface area contributed by atoms with Gasteiger partial charge in [-0.1, -0.05) is 12.1 Å². The SMILES string of the molecule is COc1cccc2c1CCN(c1ccc([N+](=O)[O-])cc1[N+](=O)[O-])C2. The van der Waals surface area contributed by atoms with E-state index in [2.05, 4.69) is 0 Å². The van der Waals surface area contributed by atoms with Crippen LogP contribution in [0.5, 0.6) is 5.75 Å².